The number of aromatic nitrogens is 2. The fourth-order valence-corrected chi connectivity index (χ4v) is 4.83. The average Bonchev–Trinajstić information content (AvgIpc) is 3.07. The van der Waals surface area contributed by atoms with Crippen LogP contribution in [0.15, 0.2) is 71.5 Å². The summed E-state index contributed by atoms with van der Waals surface area (Å²) in [7, 11) is 0. The zero-order valence-electron chi connectivity index (χ0n) is 18.4. The number of carbonyl (C=O) groups is 1. The van der Waals surface area contributed by atoms with Crippen molar-refractivity contribution in [3.8, 4) is 5.69 Å². The molecule has 0 N–H and O–H groups in total. The Bertz CT molecular complexity index is 1500. The van der Waals surface area contributed by atoms with Crippen molar-refractivity contribution in [1.82, 2.24) is 9.55 Å². The monoisotopic (exact) mass is 547 g/mol. The molecule has 5 nitrogen and oxygen atoms in total. The van der Waals surface area contributed by atoms with Crippen LogP contribution in [0.4, 0.5) is 5.69 Å². The number of hydrogen-bond donors (Lipinski definition) is 0. The fourth-order valence-electron chi connectivity index (χ4n) is 4.34. The van der Waals surface area contributed by atoms with Crippen LogP contribution in [0.3, 0.4) is 0 Å². The van der Waals surface area contributed by atoms with E-state index >= 15 is 0 Å². The lowest BCUT2D eigenvalue weighted by Gasteiger charge is -2.16. The first-order valence-electron chi connectivity index (χ1n) is 10.9. The van der Waals surface area contributed by atoms with Crippen molar-refractivity contribution < 1.29 is 4.79 Å². The molecule has 4 aromatic rings. The van der Waals surface area contributed by atoms with Gasteiger partial charge in [0.15, 0.2) is 0 Å². The van der Waals surface area contributed by atoms with Gasteiger partial charge in [0.05, 0.1) is 27.9 Å². The first kappa shape index (κ1) is 21.6. The van der Waals surface area contributed by atoms with E-state index in [9.17, 15) is 9.59 Å². The minimum Gasteiger partial charge on any atom is -0.308 e. The molecule has 0 spiro atoms. The fraction of sp³-hybridized carbons (Fsp3) is 0.148. The molecule has 0 radical (unpaired) electrons. The Morgan fingerprint density at radius 3 is 2.45 bits per heavy atom. The first-order chi connectivity index (χ1) is 16.0. The second-order valence-corrected chi connectivity index (χ2v) is 9.34. The van der Waals surface area contributed by atoms with E-state index in [4.69, 9.17) is 4.98 Å². The van der Waals surface area contributed by atoms with Gasteiger partial charge in [-0.05, 0) is 77.9 Å². The molecular formula is C27H22IN3O2. The number of anilines is 1. The van der Waals surface area contributed by atoms with Crippen LogP contribution in [0, 0.1) is 10.5 Å². The summed E-state index contributed by atoms with van der Waals surface area (Å²) in [5.74, 6) is 0.380. The number of fused-ring (bicyclic) bond motifs is 2. The summed E-state index contributed by atoms with van der Waals surface area (Å²) in [6.45, 7) is 4.66. The molecule has 164 valence electrons. The van der Waals surface area contributed by atoms with Crippen LogP contribution in [-0.2, 0) is 4.79 Å². The molecule has 6 heteroatoms. The van der Waals surface area contributed by atoms with Gasteiger partial charge in [-0.2, -0.15) is 0 Å². The summed E-state index contributed by atoms with van der Waals surface area (Å²) in [5, 5.41) is 0.554. The van der Waals surface area contributed by atoms with Crippen molar-refractivity contribution in [1.29, 1.82) is 0 Å². The van der Waals surface area contributed by atoms with Gasteiger partial charge < -0.3 is 4.90 Å². The minimum absolute atomic E-state index is 0.0636. The number of nitrogens with zero attached hydrogens (tertiary/aromatic N) is 3. The van der Waals surface area contributed by atoms with Crippen molar-refractivity contribution in [2.45, 2.75) is 20.3 Å². The molecule has 5 rings (SSSR count). The van der Waals surface area contributed by atoms with E-state index in [1.807, 2.05) is 73.7 Å². The number of hydrogen-bond acceptors (Lipinski definition) is 3. The third-order valence-corrected chi connectivity index (χ3v) is 6.56. The van der Waals surface area contributed by atoms with Gasteiger partial charge >= 0.3 is 0 Å². The van der Waals surface area contributed by atoms with E-state index in [0.717, 1.165) is 32.5 Å². The molecule has 1 amide bonds. The quantitative estimate of drug-likeness (QED) is 0.247. The van der Waals surface area contributed by atoms with Crippen molar-refractivity contribution >= 4 is 56.7 Å². The van der Waals surface area contributed by atoms with E-state index in [1.165, 1.54) is 0 Å². The summed E-state index contributed by atoms with van der Waals surface area (Å²) < 4.78 is 2.59. The highest BCUT2D eigenvalue weighted by atomic mass is 127. The Balaban J connectivity index is 1.82. The normalized spacial score (nSPS) is 14.3. The molecule has 0 unspecified atom stereocenters. The maximum atomic E-state index is 13.7. The van der Waals surface area contributed by atoms with Crippen LogP contribution in [0.1, 0.15) is 30.3 Å². The maximum absolute atomic E-state index is 13.7. The van der Waals surface area contributed by atoms with Crippen LogP contribution < -0.4 is 10.5 Å². The highest BCUT2D eigenvalue weighted by Crippen LogP contribution is 2.37. The zero-order valence-corrected chi connectivity index (χ0v) is 20.5. The maximum Gasteiger partial charge on any atom is 0.266 e. The van der Waals surface area contributed by atoms with E-state index in [-0.39, 0.29) is 11.5 Å². The van der Waals surface area contributed by atoms with Crippen LogP contribution in [-0.4, -0.2) is 22.0 Å². The number of benzene rings is 3. The molecule has 0 saturated heterocycles. The Kier molecular flexibility index (Phi) is 5.62. The Labute approximate surface area is 205 Å². The average molecular weight is 547 g/mol. The molecule has 1 aromatic heterocycles. The molecule has 3 aromatic carbocycles. The lowest BCUT2D eigenvalue weighted by Crippen LogP contribution is -2.27. The number of para-hydroxylation sites is 2. The van der Waals surface area contributed by atoms with Gasteiger partial charge in [0.1, 0.15) is 5.82 Å². The Morgan fingerprint density at radius 2 is 1.70 bits per heavy atom. The van der Waals surface area contributed by atoms with Crippen LogP contribution >= 0.6 is 22.6 Å². The topological polar surface area (TPSA) is 55.2 Å². The van der Waals surface area contributed by atoms with E-state index in [2.05, 4.69) is 29.5 Å². The molecule has 2 heterocycles. The predicted molar refractivity (Wildman–Crippen MR) is 142 cm³/mol. The minimum atomic E-state index is -0.149. The SMILES string of the molecule is CCCN1C(=O)/C(=C/c2nc3ccc(I)cc3c(=O)n2-c2ccccc2C)c2ccccc21. The number of amides is 1. The Hall–Kier alpha value is -3.26. The van der Waals surface area contributed by atoms with Crippen LogP contribution in [0.5, 0.6) is 0 Å². The smallest absolute Gasteiger partial charge is 0.266 e. The highest BCUT2D eigenvalue weighted by Gasteiger charge is 2.32. The molecule has 0 saturated carbocycles. The number of rotatable bonds is 4. The van der Waals surface area contributed by atoms with Gasteiger partial charge in [-0.15, -0.1) is 0 Å². The van der Waals surface area contributed by atoms with Gasteiger partial charge in [-0.3, -0.25) is 14.2 Å². The van der Waals surface area contributed by atoms with Crippen LogP contribution in [0.2, 0.25) is 0 Å². The van der Waals surface area contributed by atoms with Gasteiger partial charge in [0, 0.05) is 15.7 Å². The van der Waals surface area contributed by atoms with Crippen molar-refractivity contribution in [3.63, 3.8) is 0 Å². The van der Waals surface area contributed by atoms with Gasteiger partial charge in [-0.25, -0.2) is 4.98 Å². The second-order valence-electron chi connectivity index (χ2n) is 8.09. The molecule has 33 heavy (non-hydrogen) atoms. The first-order valence-corrected chi connectivity index (χ1v) is 12.0. The zero-order chi connectivity index (χ0) is 23.1. The van der Waals surface area contributed by atoms with Crippen molar-refractivity contribution in [2.24, 2.45) is 0 Å². The van der Waals surface area contributed by atoms with E-state index < -0.39 is 0 Å². The number of halogens is 1. The summed E-state index contributed by atoms with van der Waals surface area (Å²) in [6.07, 6.45) is 2.62. The molecule has 1 aliphatic rings. The molecule has 0 fully saturated rings. The van der Waals surface area contributed by atoms with E-state index in [1.54, 1.807) is 15.5 Å². The second kappa shape index (κ2) is 8.59. The Morgan fingerprint density at radius 1 is 0.970 bits per heavy atom. The number of aryl methyl sites for hydroxylation is 1. The lowest BCUT2D eigenvalue weighted by molar-refractivity contribution is -0.113. The predicted octanol–water partition coefficient (Wildman–Crippen LogP) is 5.60. The van der Waals surface area contributed by atoms with Crippen molar-refractivity contribution in [3.05, 3.63) is 97.6 Å². The standard InChI is InChI=1S/C27H22IN3O2/c1-3-14-30-24-11-7-5-9-19(24)20(26(30)32)16-25-29-22-13-12-18(28)15-21(22)27(33)31(25)23-10-6-4-8-17(23)2/h4-13,15-16H,3,14H2,1-2H3/b20-16+. The van der Waals surface area contributed by atoms with Gasteiger partial charge in [0.2, 0.25) is 0 Å². The van der Waals surface area contributed by atoms with Gasteiger partial charge in [-0.1, -0.05) is 43.3 Å². The molecule has 0 atom stereocenters. The molecular weight excluding hydrogens is 525 g/mol. The summed E-state index contributed by atoms with van der Waals surface area (Å²) >= 11 is 2.20. The summed E-state index contributed by atoms with van der Waals surface area (Å²) in [6, 6.07) is 21.2. The van der Waals surface area contributed by atoms with E-state index in [0.29, 0.717) is 28.8 Å². The number of carbonyl (C=O) groups excluding carboxylic acids is 1. The highest BCUT2D eigenvalue weighted by molar-refractivity contribution is 14.1. The largest absolute Gasteiger partial charge is 0.308 e. The third kappa shape index (κ3) is 3.68. The summed E-state index contributed by atoms with van der Waals surface area (Å²) in [5.41, 5.74) is 4.49. The lowest BCUT2D eigenvalue weighted by atomic mass is 10.1. The molecule has 0 aliphatic carbocycles. The molecule has 1 aliphatic heterocycles. The molecule has 0 bridgehead atoms. The van der Waals surface area contributed by atoms with Gasteiger partial charge in [0.25, 0.3) is 11.5 Å². The third-order valence-electron chi connectivity index (χ3n) is 5.89. The van der Waals surface area contributed by atoms with Crippen molar-refractivity contribution in [2.75, 3.05) is 11.4 Å². The van der Waals surface area contributed by atoms with Crippen LogP contribution in [0.25, 0.3) is 28.2 Å². The summed E-state index contributed by atoms with van der Waals surface area (Å²) in [4.78, 5) is 33.8.